The van der Waals surface area contributed by atoms with Crippen molar-refractivity contribution in [3.05, 3.63) is 77.0 Å². The number of carbonyl (C=O) groups is 2. The number of hydrogen-bond acceptors (Lipinski definition) is 3. The average Bonchev–Trinajstić information content (AvgIpc) is 2.77. The molecule has 0 radical (unpaired) electrons. The van der Waals surface area contributed by atoms with Crippen molar-refractivity contribution in [1.82, 2.24) is 14.8 Å². The van der Waals surface area contributed by atoms with Gasteiger partial charge in [0.2, 0.25) is 0 Å². The van der Waals surface area contributed by atoms with Gasteiger partial charge in [-0.3, -0.25) is 14.6 Å². The SMILES string of the molecule is Cc1ccc(C(=O)N2CCN(C(=O)c3cnc4ccccc4c3C(F)(F)F)CC2)cc1. The van der Waals surface area contributed by atoms with Crippen molar-refractivity contribution in [3.63, 3.8) is 0 Å². The van der Waals surface area contributed by atoms with Crippen LogP contribution in [0.2, 0.25) is 0 Å². The van der Waals surface area contributed by atoms with Gasteiger partial charge >= 0.3 is 6.18 Å². The van der Waals surface area contributed by atoms with Crippen LogP contribution in [0.3, 0.4) is 0 Å². The van der Waals surface area contributed by atoms with Crippen LogP contribution in [0.1, 0.15) is 31.8 Å². The summed E-state index contributed by atoms with van der Waals surface area (Å²) in [7, 11) is 0. The van der Waals surface area contributed by atoms with Crippen molar-refractivity contribution in [3.8, 4) is 0 Å². The smallest absolute Gasteiger partial charge is 0.335 e. The molecule has 2 heterocycles. The first kappa shape index (κ1) is 20.8. The van der Waals surface area contributed by atoms with E-state index in [9.17, 15) is 22.8 Å². The lowest BCUT2D eigenvalue weighted by Crippen LogP contribution is -2.50. The number of aryl methyl sites for hydroxylation is 1. The van der Waals surface area contributed by atoms with E-state index < -0.39 is 23.2 Å². The van der Waals surface area contributed by atoms with Gasteiger partial charge in [0.25, 0.3) is 11.8 Å². The Morgan fingerprint density at radius 1 is 0.871 bits per heavy atom. The van der Waals surface area contributed by atoms with Crippen LogP contribution >= 0.6 is 0 Å². The number of amides is 2. The Morgan fingerprint density at radius 3 is 2.06 bits per heavy atom. The molecule has 0 aliphatic carbocycles. The molecule has 1 saturated heterocycles. The summed E-state index contributed by atoms with van der Waals surface area (Å²) in [6, 6.07) is 13.1. The Bertz CT molecular complexity index is 1140. The third kappa shape index (κ3) is 4.10. The first-order valence-corrected chi connectivity index (χ1v) is 9.86. The Hall–Kier alpha value is -3.42. The molecule has 4 rings (SSSR count). The summed E-state index contributed by atoms with van der Waals surface area (Å²) in [5, 5.41) is -0.103. The number of halogens is 3. The maximum atomic E-state index is 13.8. The van der Waals surface area contributed by atoms with Crippen molar-refractivity contribution in [1.29, 1.82) is 0 Å². The summed E-state index contributed by atoms with van der Waals surface area (Å²) in [4.78, 5) is 32.6. The highest BCUT2D eigenvalue weighted by atomic mass is 19.4. The molecule has 3 aromatic rings. The van der Waals surface area contributed by atoms with Crippen molar-refractivity contribution < 1.29 is 22.8 Å². The Balaban J connectivity index is 1.55. The maximum absolute atomic E-state index is 13.8. The lowest BCUT2D eigenvalue weighted by Gasteiger charge is -2.35. The van der Waals surface area contributed by atoms with Crippen LogP contribution in [-0.2, 0) is 6.18 Å². The molecule has 8 heteroatoms. The minimum atomic E-state index is -4.70. The van der Waals surface area contributed by atoms with Gasteiger partial charge in [-0.25, -0.2) is 0 Å². The van der Waals surface area contributed by atoms with E-state index in [4.69, 9.17) is 0 Å². The molecular formula is C23H20F3N3O2. The van der Waals surface area contributed by atoms with Gasteiger partial charge in [0.05, 0.1) is 16.6 Å². The molecule has 0 spiro atoms. The Kier molecular flexibility index (Phi) is 5.39. The number of fused-ring (bicyclic) bond motifs is 1. The fraction of sp³-hybridized carbons (Fsp3) is 0.261. The van der Waals surface area contributed by atoms with Crippen molar-refractivity contribution in [2.75, 3.05) is 26.2 Å². The summed E-state index contributed by atoms with van der Waals surface area (Å²) in [6.07, 6.45) is -3.70. The quantitative estimate of drug-likeness (QED) is 0.617. The number of rotatable bonds is 2. The zero-order chi connectivity index (χ0) is 22.2. The standard InChI is InChI=1S/C23H20F3N3O2/c1-15-6-8-16(9-7-15)21(30)28-10-12-29(13-11-28)22(31)18-14-27-19-5-3-2-4-17(19)20(18)23(24,25)26/h2-9,14H,10-13H2,1H3. The molecular weight excluding hydrogens is 407 g/mol. The molecule has 0 atom stereocenters. The zero-order valence-corrected chi connectivity index (χ0v) is 16.8. The van der Waals surface area contributed by atoms with E-state index in [-0.39, 0.29) is 43.0 Å². The van der Waals surface area contributed by atoms with E-state index in [1.807, 2.05) is 19.1 Å². The van der Waals surface area contributed by atoms with Crippen LogP contribution < -0.4 is 0 Å². The Labute approximate surface area is 177 Å². The van der Waals surface area contributed by atoms with E-state index in [2.05, 4.69) is 4.98 Å². The summed E-state index contributed by atoms with van der Waals surface area (Å²) in [5.41, 5.74) is 0.325. The lowest BCUT2D eigenvalue weighted by atomic mass is 10.0. The third-order valence-corrected chi connectivity index (χ3v) is 5.44. The normalized spacial score (nSPS) is 14.7. The molecule has 0 saturated carbocycles. The number of alkyl halides is 3. The van der Waals surface area contributed by atoms with Crippen molar-refractivity contribution in [2.24, 2.45) is 0 Å². The van der Waals surface area contributed by atoms with Crippen LogP contribution in [0, 0.1) is 6.92 Å². The van der Waals surface area contributed by atoms with Crippen LogP contribution in [0.15, 0.2) is 54.7 Å². The van der Waals surface area contributed by atoms with Gasteiger partial charge in [-0.1, -0.05) is 35.9 Å². The molecule has 1 aliphatic rings. The molecule has 2 aromatic carbocycles. The molecule has 0 N–H and O–H groups in total. The first-order chi connectivity index (χ1) is 14.8. The molecule has 31 heavy (non-hydrogen) atoms. The van der Waals surface area contributed by atoms with Crippen LogP contribution in [0.5, 0.6) is 0 Å². The van der Waals surface area contributed by atoms with E-state index in [1.165, 1.54) is 23.1 Å². The molecule has 1 aliphatic heterocycles. The van der Waals surface area contributed by atoms with Gasteiger partial charge in [0.1, 0.15) is 0 Å². The minimum Gasteiger partial charge on any atom is -0.335 e. The highest BCUT2D eigenvalue weighted by molar-refractivity contribution is 6.01. The number of benzene rings is 2. The van der Waals surface area contributed by atoms with Crippen LogP contribution in [0.4, 0.5) is 13.2 Å². The maximum Gasteiger partial charge on any atom is 0.417 e. The second-order valence-corrected chi connectivity index (χ2v) is 7.51. The molecule has 1 aromatic heterocycles. The van der Waals surface area contributed by atoms with Gasteiger partial charge in [0.15, 0.2) is 0 Å². The number of hydrogen-bond donors (Lipinski definition) is 0. The Morgan fingerprint density at radius 2 is 1.45 bits per heavy atom. The monoisotopic (exact) mass is 427 g/mol. The topological polar surface area (TPSA) is 53.5 Å². The van der Waals surface area contributed by atoms with Gasteiger partial charge in [-0.15, -0.1) is 0 Å². The minimum absolute atomic E-state index is 0.103. The highest BCUT2D eigenvalue weighted by Crippen LogP contribution is 2.37. The number of pyridine rings is 1. The van der Waals surface area contributed by atoms with E-state index in [0.717, 1.165) is 11.8 Å². The molecule has 5 nitrogen and oxygen atoms in total. The summed E-state index contributed by atoms with van der Waals surface area (Å²) < 4.78 is 41.5. The van der Waals surface area contributed by atoms with Crippen molar-refractivity contribution >= 4 is 22.7 Å². The first-order valence-electron chi connectivity index (χ1n) is 9.86. The predicted molar refractivity (Wildman–Crippen MR) is 110 cm³/mol. The molecule has 1 fully saturated rings. The van der Waals surface area contributed by atoms with Crippen molar-refractivity contribution in [2.45, 2.75) is 13.1 Å². The van der Waals surface area contributed by atoms with Gasteiger partial charge in [-0.2, -0.15) is 13.2 Å². The van der Waals surface area contributed by atoms with E-state index in [1.54, 1.807) is 23.1 Å². The number of piperazine rings is 1. The molecule has 2 amide bonds. The predicted octanol–water partition coefficient (Wildman–Crippen LogP) is 4.16. The van der Waals surface area contributed by atoms with Gasteiger partial charge in [0, 0.05) is 43.3 Å². The second-order valence-electron chi connectivity index (χ2n) is 7.51. The average molecular weight is 427 g/mol. The van der Waals surface area contributed by atoms with E-state index >= 15 is 0 Å². The molecule has 0 bridgehead atoms. The van der Waals surface area contributed by atoms with Gasteiger partial charge < -0.3 is 9.80 Å². The summed E-state index contributed by atoms with van der Waals surface area (Å²) >= 11 is 0. The second kappa shape index (κ2) is 8.02. The fourth-order valence-corrected chi connectivity index (χ4v) is 3.77. The molecule has 0 unspecified atom stereocenters. The summed E-state index contributed by atoms with van der Waals surface area (Å²) in [5.74, 6) is -0.886. The third-order valence-electron chi connectivity index (χ3n) is 5.44. The number of para-hydroxylation sites is 1. The number of carbonyl (C=O) groups excluding carboxylic acids is 2. The van der Waals surface area contributed by atoms with Gasteiger partial charge in [-0.05, 0) is 25.1 Å². The largest absolute Gasteiger partial charge is 0.417 e. The highest BCUT2D eigenvalue weighted by Gasteiger charge is 2.39. The zero-order valence-electron chi connectivity index (χ0n) is 16.8. The fourth-order valence-electron chi connectivity index (χ4n) is 3.77. The van der Waals surface area contributed by atoms with Crippen LogP contribution in [-0.4, -0.2) is 52.8 Å². The van der Waals surface area contributed by atoms with Crippen LogP contribution in [0.25, 0.3) is 10.9 Å². The van der Waals surface area contributed by atoms with E-state index in [0.29, 0.717) is 5.56 Å². The summed E-state index contributed by atoms with van der Waals surface area (Å²) in [6.45, 7) is 2.73. The number of nitrogens with zero attached hydrogens (tertiary/aromatic N) is 3. The molecule has 160 valence electrons. The number of aromatic nitrogens is 1. The lowest BCUT2D eigenvalue weighted by molar-refractivity contribution is -0.136.